The molecule has 260 valence electrons. The van der Waals surface area contributed by atoms with Gasteiger partial charge in [-0.25, -0.2) is 0 Å². The molecule has 0 atom stereocenters. The molecule has 4 aromatic rings. The fourth-order valence-corrected chi connectivity index (χ4v) is 5.46. The number of carboxylic acids is 2. The van der Waals surface area contributed by atoms with Crippen molar-refractivity contribution in [3.05, 3.63) is 73.1 Å². The molecule has 0 unspecified atom stereocenters. The van der Waals surface area contributed by atoms with Crippen LogP contribution in [0.1, 0.15) is 38.5 Å². The molecule has 3 heterocycles. The Hall–Kier alpha value is -4.62. The Kier molecular flexibility index (Phi) is 13.4. The Morgan fingerprint density at radius 3 is 1.27 bits per heavy atom. The molecule has 48 heavy (non-hydrogen) atoms. The number of alkyl halides is 6. The van der Waals surface area contributed by atoms with E-state index in [0.717, 1.165) is 26.2 Å². The van der Waals surface area contributed by atoms with Crippen molar-refractivity contribution in [1.82, 2.24) is 0 Å². The van der Waals surface area contributed by atoms with Gasteiger partial charge in [-0.15, -0.1) is 0 Å². The predicted octanol–water partition coefficient (Wildman–Crippen LogP) is 4.09. The zero-order valence-electron chi connectivity index (χ0n) is 26.7. The summed E-state index contributed by atoms with van der Waals surface area (Å²) in [5, 5.41) is 20.3. The first-order valence-electron chi connectivity index (χ1n) is 15.4. The Bertz CT molecular complexity index is 1560. The van der Waals surface area contributed by atoms with Crippen molar-refractivity contribution in [3.63, 3.8) is 0 Å². The van der Waals surface area contributed by atoms with Crippen molar-refractivity contribution in [2.75, 3.05) is 37.0 Å². The number of aryl methyl sites for hydroxylation is 2. The van der Waals surface area contributed by atoms with Crippen LogP contribution in [-0.4, -0.2) is 51.5 Å². The maximum atomic E-state index is 10.5. The minimum absolute atomic E-state index is 1.07. The van der Waals surface area contributed by atoms with E-state index in [1.165, 1.54) is 71.7 Å². The number of halogens is 6. The SMILES string of the molecule is CN1CCCCCN(C)c2cc[n+](c3ccccc23)CCCCC[n+]2ccc1c1ccccc12.O=C([O-])C(F)(F)F.O=C([O-])C(F)(F)F. The van der Waals surface area contributed by atoms with Crippen LogP contribution in [0.3, 0.4) is 0 Å². The van der Waals surface area contributed by atoms with Crippen molar-refractivity contribution in [3.8, 4) is 0 Å². The Morgan fingerprint density at radius 2 is 0.917 bits per heavy atom. The number of nitrogens with zero attached hydrogens (tertiary/aromatic N) is 4. The molecule has 5 rings (SSSR count). The number of benzene rings is 2. The number of aromatic nitrogens is 2. The van der Waals surface area contributed by atoms with Crippen LogP contribution < -0.4 is 29.1 Å². The van der Waals surface area contributed by atoms with E-state index in [9.17, 15) is 26.3 Å². The lowest BCUT2D eigenvalue weighted by Crippen LogP contribution is -2.37. The van der Waals surface area contributed by atoms with Crippen molar-refractivity contribution >= 4 is 45.1 Å². The van der Waals surface area contributed by atoms with Crippen LogP contribution in [0.15, 0.2) is 73.1 Å². The number of carbonyl (C=O) groups is 2. The maximum Gasteiger partial charge on any atom is 0.430 e. The van der Waals surface area contributed by atoms with Gasteiger partial charge in [0.25, 0.3) is 0 Å². The highest BCUT2D eigenvalue weighted by molar-refractivity contribution is 5.90. The Morgan fingerprint density at radius 1 is 0.583 bits per heavy atom. The van der Waals surface area contributed by atoms with Gasteiger partial charge in [0.05, 0.1) is 22.1 Å². The summed E-state index contributed by atoms with van der Waals surface area (Å²) in [5.74, 6) is -6.01. The quantitative estimate of drug-likeness (QED) is 0.205. The molecular weight excluding hydrogens is 642 g/mol. The van der Waals surface area contributed by atoms with E-state index in [1.54, 1.807) is 0 Å². The van der Waals surface area contributed by atoms with E-state index in [2.05, 4.69) is 106 Å². The zero-order chi connectivity index (χ0) is 35.5. The number of rotatable bonds is 0. The summed E-state index contributed by atoms with van der Waals surface area (Å²) in [6, 6.07) is 22.4. The van der Waals surface area contributed by atoms with Crippen LogP contribution in [0.25, 0.3) is 21.8 Å². The fraction of sp³-hybridized carbons (Fsp3) is 0.412. The van der Waals surface area contributed by atoms with Gasteiger partial charge in [0.2, 0.25) is 11.0 Å². The first-order chi connectivity index (χ1) is 22.6. The molecule has 0 saturated heterocycles. The third kappa shape index (κ3) is 10.7. The van der Waals surface area contributed by atoms with Crippen molar-refractivity contribution in [2.45, 2.75) is 64.0 Å². The normalized spacial score (nSPS) is 14.9. The van der Waals surface area contributed by atoms with Crippen LogP contribution in [0.2, 0.25) is 0 Å². The number of hydrogen-bond donors (Lipinski definition) is 0. The van der Waals surface area contributed by atoms with Gasteiger partial charge in [-0.3, -0.25) is 0 Å². The van der Waals surface area contributed by atoms with Gasteiger partial charge in [0.15, 0.2) is 12.4 Å². The largest absolute Gasteiger partial charge is 0.542 e. The molecule has 1 aliphatic rings. The first-order valence-corrected chi connectivity index (χ1v) is 15.4. The average Bonchev–Trinajstić information content (AvgIpc) is 3.03. The fourth-order valence-electron chi connectivity index (χ4n) is 5.46. The summed E-state index contributed by atoms with van der Waals surface area (Å²) < 4.78 is 68.0. The van der Waals surface area contributed by atoms with Gasteiger partial charge in [-0.05, 0) is 37.8 Å². The van der Waals surface area contributed by atoms with Gasteiger partial charge in [0, 0.05) is 64.3 Å². The highest BCUT2D eigenvalue weighted by Crippen LogP contribution is 2.26. The number of carboxylic acid groups (broad SMARTS) is 2. The number of anilines is 2. The lowest BCUT2D eigenvalue weighted by atomic mass is 10.1. The minimum atomic E-state index is -5.19. The molecule has 4 bridgehead atoms. The van der Waals surface area contributed by atoms with Gasteiger partial charge < -0.3 is 29.6 Å². The molecular formula is C34H38F6N4O4. The average molecular weight is 681 g/mol. The number of carbonyl (C=O) groups excluding carboxylic acids is 2. The second-order valence-corrected chi connectivity index (χ2v) is 11.4. The molecule has 1 aliphatic heterocycles. The summed E-state index contributed by atoms with van der Waals surface area (Å²) in [6.45, 7) is 4.32. The number of para-hydroxylation sites is 2. The first kappa shape index (κ1) is 37.8. The zero-order valence-corrected chi connectivity index (χ0v) is 26.7. The third-order valence-electron chi connectivity index (χ3n) is 7.87. The summed E-state index contributed by atoms with van der Waals surface area (Å²) in [5.41, 5.74) is 5.39. The summed E-state index contributed by atoms with van der Waals surface area (Å²) in [7, 11) is 4.49. The predicted molar refractivity (Wildman–Crippen MR) is 165 cm³/mol. The van der Waals surface area contributed by atoms with Crippen LogP contribution in [0, 0.1) is 0 Å². The van der Waals surface area contributed by atoms with Crippen molar-refractivity contribution in [1.29, 1.82) is 0 Å². The number of fused-ring (bicyclic) bond motifs is 12. The highest BCUT2D eigenvalue weighted by atomic mass is 19.4. The van der Waals surface area contributed by atoms with Crippen LogP contribution >= 0.6 is 0 Å². The van der Waals surface area contributed by atoms with E-state index in [0.29, 0.717) is 0 Å². The lowest BCUT2D eigenvalue weighted by molar-refractivity contribution is -0.675. The molecule has 0 fully saturated rings. The van der Waals surface area contributed by atoms with Gasteiger partial charge in [0.1, 0.15) is 25.0 Å². The van der Waals surface area contributed by atoms with Crippen molar-refractivity contribution in [2.24, 2.45) is 0 Å². The number of hydrogen-bond acceptors (Lipinski definition) is 6. The van der Waals surface area contributed by atoms with Crippen molar-refractivity contribution < 1.29 is 55.3 Å². The topological polar surface area (TPSA) is 94.5 Å². The maximum absolute atomic E-state index is 10.5. The minimum Gasteiger partial charge on any atom is -0.542 e. The lowest BCUT2D eigenvalue weighted by Gasteiger charge is -2.22. The molecule has 0 aliphatic carbocycles. The second kappa shape index (κ2) is 17.0. The Labute approximate surface area is 274 Å². The molecule has 0 radical (unpaired) electrons. The highest BCUT2D eigenvalue weighted by Gasteiger charge is 2.29. The monoisotopic (exact) mass is 680 g/mol. The molecule has 0 saturated carbocycles. The molecule has 8 nitrogen and oxygen atoms in total. The van der Waals surface area contributed by atoms with Gasteiger partial charge in [-0.2, -0.15) is 35.5 Å². The van der Waals surface area contributed by atoms with Crippen LogP contribution in [0.4, 0.5) is 37.7 Å². The molecule has 0 amide bonds. The summed E-state index contributed by atoms with van der Waals surface area (Å²) >= 11 is 0. The van der Waals surface area contributed by atoms with Crippen LogP contribution in [0.5, 0.6) is 0 Å². The third-order valence-corrected chi connectivity index (χ3v) is 7.87. The molecule has 0 spiro atoms. The van der Waals surface area contributed by atoms with Gasteiger partial charge in [-0.1, -0.05) is 24.3 Å². The molecule has 2 aromatic carbocycles. The Balaban J connectivity index is 0.000000376. The second-order valence-electron chi connectivity index (χ2n) is 11.4. The standard InChI is InChI=1S/C30H38N4.2C2HF3O2/c1-31-19-9-3-10-20-32(2)28-18-24-34(30-16-8-6-14-26(28)30)22-12-4-11-21-33-23-17-27(31)25-13-5-7-15-29(25)33;2*3-2(4,5)1(6)7/h5-8,13-18,23-24H,3-4,9-12,19-22H2,1-2H3;2*(H,6,7)/q+2;;/p-2. The van der Waals surface area contributed by atoms with E-state index < -0.39 is 24.3 Å². The summed E-state index contributed by atoms with van der Waals surface area (Å²) in [4.78, 5) is 22.5. The van der Waals surface area contributed by atoms with Gasteiger partial charge >= 0.3 is 12.4 Å². The van der Waals surface area contributed by atoms with E-state index in [4.69, 9.17) is 19.8 Å². The molecule has 2 aromatic heterocycles. The van der Waals surface area contributed by atoms with E-state index in [-0.39, 0.29) is 0 Å². The molecule has 0 N–H and O–H groups in total. The van der Waals surface area contributed by atoms with Crippen LogP contribution in [-0.2, 0) is 22.7 Å². The summed E-state index contributed by atoms with van der Waals surface area (Å²) in [6.07, 6.45) is 1.49. The number of aliphatic carboxylic acids is 2. The van der Waals surface area contributed by atoms with E-state index in [1.807, 2.05) is 0 Å². The molecule has 14 heteroatoms. The smallest absolute Gasteiger partial charge is 0.430 e. The number of pyridine rings is 2. The van der Waals surface area contributed by atoms with E-state index >= 15 is 0 Å².